The first-order valence-electron chi connectivity index (χ1n) is 9.08. The zero-order valence-corrected chi connectivity index (χ0v) is 14.7. The molecule has 0 unspecified atom stereocenters. The summed E-state index contributed by atoms with van der Waals surface area (Å²) in [6, 6.07) is 2.63. The lowest BCUT2D eigenvalue weighted by Gasteiger charge is -2.31. The summed E-state index contributed by atoms with van der Waals surface area (Å²) in [5, 5.41) is 9.84. The van der Waals surface area contributed by atoms with Crippen LogP contribution in [0.2, 0.25) is 0 Å². The van der Waals surface area contributed by atoms with Gasteiger partial charge in [0.05, 0.1) is 5.56 Å². The monoisotopic (exact) mass is 378 g/mol. The van der Waals surface area contributed by atoms with Crippen LogP contribution in [0.15, 0.2) is 18.2 Å². The molecule has 4 rings (SSSR count). The van der Waals surface area contributed by atoms with E-state index in [0.717, 1.165) is 37.5 Å². The topological polar surface area (TPSA) is 77.9 Å². The fourth-order valence-electron chi connectivity index (χ4n) is 4.44. The van der Waals surface area contributed by atoms with Crippen LogP contribution in [0.4, 0.5) is 8.78 Å². The zero-order valence-electron chi connectivity index (χ0n) is 14.7. The van der Waals surface area contributed by atoms with Crippen LogP contribution in [0.25, 0.3) is 0 Å². The van der Waals surface area contributed by atoms with E-state index in [2.05, 4.69) is 0 Å². The predicted molar refractivity (Wildman–Crippen MR) is 89.7 cm³/mol. The maximum atomic E-state index is 13.9. The number of nitrogens with zero attached hydrogens (tertiary/aromatic N) is 2. The van der Waals surface area contributed by atoms with Gasteiger partial charge >= 0.3 is 5.97 Å². The van der Waals surface area contributed by atoms with Gasteiger partial charge in [-0.05, 0) is 31.0 Å². The minimum Gasteiger partial charge on any atom is -0.481 e. The van der Waals surface area contributed by atoms with Gasteiger partial charge in [-0.25, -0.2) is 8.78 Å². The van der Waals surface area contributed by atoms with E-state index in [1.165, 1.54) is 4.90 Å². The molecular weight excluding hydrogens is 358 g/mol. The van der Waals surface area contributed by atoms with Crippen LogP contribution in [0, 0.1) is 28.9 Å². The van der Waals surface area contributed by atoms with Crippen molar-refractivity contribution in [3.8, 4) is 0 Å². The highest BCUT2D eigenvalue weighted by atomic mass is 19.1. The number of rotatable bonds is 3. The van der Waals surface area contributed by atoms with Gasteiger partial charge in [-0.3, -0.25) is 14.4 Å². The first kappa shape index (κ1) is 17.9. The molecule has 8 heteroatoms. The summed E-state index contributed by atoms with van der Waals surface area (Å²) in [4.78, 5) is 40.1. The number of carbonyl (C=O) groups is 3. The van der Waals surface area contributed by atoms with Gasteiger partial charge in [0.25, 0.3) is 5.91 Å². The van der Waals surface area contributed by atoms with Crippen LogP contribution in [-0.2, 0) is 9.59 Å². The Morgan fingerprint density at radius 2 is 1.74 bits per heavy atom. The summed E-state index contributed by atoms with van der Waals surface area (Å²) >= 11 is 0. The Kier molecular flexibility index (Phi) is 4.16. The first-order valence-corrected chi connectivity index (χ1v) is 9.08. The fraction of sp³-hybridized carbons (Fsp3) is 0.526. The summed E-state index contributed by atoms with van der Waals surface area (Å²) in [5.41, 5.74) is -1.66. The zero-order chi connectivity index (χ0) is 19.3. The number of hydrogen-bond donors (Lipinski definition) is 1. The third kappa shape index (κ3) is 2.78. The summed E-state index contributed by atoms with van der Waals surface area (Å²) in [6.45, 7) is 0.320. The molecule has 144 valence electrons. The number of carbonyl (C=O) groups excluding carboxylic acids is 2. The smallest absolute Gasteiger partial charge is 0.313 e. The fourth-order valence-corrected chi connectivity index (χ4v) is 4.44. The van der Waals surface area contributed by atoms with Crippen molar-refractivity contribution in [1.29, 1.82) is 0 Å². The van der Waals surface area contributed by atoms with Gasteiger partial charge in [-0.15, -0.1) is 0 Å². The van der Waals surface area contributed by atoms with Crippen molar-refractivity contribution in [2.24, 2.45) is 17.3 Å². The summed E-state index contributed by atoms with van der Waals surface area (Å²) in [6.07, 6.45) is 2.69. The van der Waals surface area contributed by atoms with Crippen LogP contribution in [0.3, 0.4) is 0 Å². The number of carboxylic acids is 1. The third-order valence-electron chi connectivity index (χ3n) is 6.25. The molecule has 2 amide bonds. The number of benzene rings is 1. The Bertz CT molecular complexity index is 826. The first-order chi connectivity index (χ1) is 12.8. The van der Waals surface area contributed by atoms with E-state index < -0.39 is 40.4 Å². The number of aliphatic carboxylic acids is 1. The Hall–Kier alpha value is -2.51. The van der Waals surface area contributed by atoms with Crippen molar-refractivity contribution in [3.05, 3.63) is 35.4 Å². The maximum absolute atomic E-state index is 13.9. The van der Waals surface area contributed by atoms with E-state index in [9.17, 15) is 28.3 Å². The highest BCUT2D eigenvalue weighted by Crippen LogP contribution is 2.44. The lowest BCUT2D eigenvalue weighted by Crippen LogP contribution is -2.45. The molecule has 0 bridgehead atoms. The van der Waals surface area contributed by atoms with E-state index in [-0.39, 0.29) is 38.0 Å². The van der Waals surface area contributed by atoms with Crippen molar-refractivity contribution >= 4 is 17.8 Å². The molecule has 1 N–H and O–H groups in total. The average Bonchev–Trinajstić information content (AvgIpc) is 3.10. The van der Waals surface area contributed by atoms with Gasteiger partial charge in [-0.2, -0.15) is 0 Å². The highest BCUT2D eigenvalue weighted by Gasteiger charge is 2.60. The molecule has 27 heavy (non-hydrogen) atoms. The lowest BCUT2D eigenvalue weighted by molar-refractivity contribution is -0.149. The quantitative estimate of drug-likeness (QED) is 0.869. The number of carboxylic acid groups (broad SMARTS) is 1. The lowest BCUT2D eigenvalue weighted by atomic mass is 9.81. The van der Waals surface area contributed by atoms with E-state index in [1.54, 1.807) is 4.90 Å². The minimum atomic E-state index is -1.25. The molecule has 2 heterocycles. The second-order valence-electron chi connectivity index (χ2n) is 7.81. The predicted octanol–water partition coefficient (Wildman–Crippen LogP) is 1.75. The molecule has 0 aromatic heterocycles. The van der Waals surface area contributed by atoms with Gasteiger partial charge in [0, 0.05) is 38.0 Å². The average molecular weight is 378 g/mol. The molecule has 3 aliphatic rings. The molecular formula is C19H20F2N2O4. The van der Waals surface area contributed by atoms with Crippen LogP contribution in [0.1, 0.15) is 29.6 Å². The summed E-state index contributed by atoms with van der Waals surface area (Å²) in [5.74, 6) is -3.81. The van der Waals surface area contributed by atoms with Gasteiger partial charge in [0.15, 0.2) is 0 Å². The van der Waals surface area contributed by atoms with Crippen molar-refractivity contribution in [3.63, 3.8) is 0 Å². The van der Waals surface area contributed by atoms with E-state index in [1.807, 2.05) is 0 Å². The molecule has 6 nitrogen and oxygen atoms in total. The molecule has 2 aliphatic heterocycles. The van der Waals surface area contributed by atoms with Crippen LogP contribution < -0.4 is 0 Å². The molecule has 1 aromatic rings. The van der Waals surface area contributed by atoms with Gasteiger partial charge in [0.1, 0.15) is 17.0 Å². The molecule has 2 atom stereocenters. The summed E-state index contributed by atoms with van der Waals surface area (Å²) in [7, 11) is 0. The van der Waals surface area contributed by atoms with E-state index in [4.69, 9.17) is 0 Å². The number of hydrogen-bond acceptors (Lipinski definition) is 3. The molecule has 0 radical (unpaired) electrons. The van der Waals surface area contributed by atoms with Crippen molar-refractivity contribution in [2.45, 2.75) is 19.3 Å². The second-order valence-corrected chi connectivity index (χ2v) is 7.81. The van der Waals surface area contributed by atoms with E-state index >= 15 is 0 Å². The van der Waals surface area contributed by atoms with Gasteiger partial charge in [0.2, 0.25) is 5.91 Å². The van der Waals surface area contributed by atoms with Crippen LogP contribution in [-0.4, -0.2) is 58.9 Å². The Labute approximate surface area is 154 Å². The second kappa shape index (κ2) is 6.28. The van der Waals surface area contributed by atoms with Gasteiger partial charge in [-0.1, -0.05) is 6.42 Å². The molecule has 2 saturated heterocycles. The largest absolute Gasteiger partial charge is 0.481 e. The molecule has 1 aliphatic carbocycles. The molecule has 1 aromatic carbocycles. The minimum absolute atomic E-state index is 0.00896. The van der Waals surface area contributed by atoms with Crippen LogP contribution >= 0.6 is 0 Å². The molecule has 3 fully saturated rings. The van der Waals surface area contributed by atoms with Crippen molar-refractivity contribution in [2.75, 3.05) is 26.2 Å². The Morgan fingerprint density at radius 1 is 1.07 bits per heavy atom. The van der Waals surface area contributed by atoms with Gasteiger partial charge < -0.3 is 14.9 Å². The Morgan fingerprint density at radius 3 is 2.33 bits per heavy atom. The highest BCUT2D eigenvalue weighted by molar-refractivity contribution is 5.95. The Balaban J connectivity index is 1.54. The SMILES string of the molecule is O=C(c1cc(F)ccc1F)N1C[C@@H]2CN(C(=O)C3CCC3)C[C@]2(C(=O)O)C1. The van der Waals surface area contributed by atoms with Crippen molar-refractivity contribution < 1.29 is 28.3 Å². The number of amides is 2. The van der Waals surface area contributed by atoms with Crippen LogP contribution in [0.5, 0.6) is 0 Å². The summed E-state index contributed by atoms with van der Waals surface area (Å²) < 4.78 is 27.3. The molecule has 1 saturated carbocycles. The maximum Gasteiger partial charge on any atom is 0.313 e. The number of fused-ring (bicyclic) bond motifs is 1. The number of likely N-dealkylation sites (tertiary alicyclic amines) is 2. The van der Waals surface area contributed by atoms with Crippen molar-refractivity contribution in [1.82, 2.24) is 9.80 Å². The standard InChI is InChI=1S/C19H20F2N2O4/c20-13-4-5-15(21)14(6-13)17(25)23-8-12-7-22(16(24)11-2-1-3-11)9-19(12,10-23)18(26)27/h4-6,11-12H,1-3,7-10H2,(H,26,27)/t12-,19-/m0/s1. The third-order valence-corrected chi connectivity index (χ3v) is 6.25. The molecule has 0 spiro atoms. The van der Waals surface area contributed by atoms with E-state index in [0.29, 0.717) is 0 Å². The normalized spacial score (nSPS) is 27.4. The number of halogens is 2.